The molecule has 0 saturated carbocycles. The van der Waals surface area contributed by atoms with Crippen molar-refractivity contribution in [2.24, 2.45) is 0 Å². The highest BCUT2D eigenvalue weighted by Crippen LogP contribution is 2.42. The Kier molecular flexibility index (Phi) is 3.75. The van der Waals surface area contributed by atoms with E-state index in [0.29, 0.717) is 10.6 Å². The Bertz CT molecular complexity index is 592. The number of carbonyl (C=O) groups is 1. The van der Waals surface area contributed by atoms with Crippen LogP contribution >= 0.6 is 43.2 Å². The number of fused-ring (bicyclic) bond motifs is 1. The van der Waals surface area contributed by atoms with E-state index in [4.69, 9.17) is 9.47 Å². The first-order chi connectivity index (χ1) is 8.08. The van der Waals surface area contributed by atoms with Gasteiger partial charge in [-0.25, -0.2) is 4.79 Å². The van der Waals surface area contributed by atoms with Crippen LogP contribution in [0.4, 0.5) is 0 Å². The third-order valence-electron chi connectivity index (χ3n) is 2.26. The lowest BCUT2D eigenvalue weighted by Crippen LogP contribution is -1.96. The van der Waals surface area contributed by atoms with Crippen molar-refractivity contribution in [2.75, 3.05) is 14.2 Å². The third kappa shape index (κ3) is 2.21. The quantitative estimate of drug-likeness (QED) is 0.732. The maximum Gasteiger partial charge on any atom is 0.348 e. The molecule has 0 aliphatic carbocycles. The molecular weight excluding hydrogens is 372 g/mol. The highest BCUT2D eigenvalue weighted by atomic mass is 79.9. The number of hydrogen-bond donors (Lipinski definition) is 0. The SMILES string of the molecule is COC(=O)c1cc2c(Br)c(OC)c(Br)cc2s1. The molecule has 6 heteroatoms. The Morgan fingerprint density at radius 1 is 1.29 bits per heavy atom. The van der Waals surface area contributed by atoms with Crippen LogP contribution in [0.1, 0.15) is 9.67 Å². The number of halogens is 2. The summed E-state index contributed by atoms with van der Waals surface area (Å²) >= 11 is 8.29. The van der Waals surface area contributed by atoms with E-state index in [1.807, 2.05) is 6.07 Å². The van der Waals surface area contributed by atoms with Crippen LogP contribution < -0.4 is 4.74 Å². The Balaban J connectivity index is 2.69. The molecular formula is C11H8Br2O3S. The van der Waals surface area contributed by atoms with Crippen molar-refractivity contribution in [3.05, 3.63) is 26.0 Å². The molecule has 0 bridgehead atoms. The summed E-state index contributed by atoms with van der Waals surface area (Å²) in [6.07, 6.45) is 0. The predicted octanol–water partition coefficient (Wildman–Crippen LogP) is 4.22. The van der Waals surface area contributed by atoms with Crippen molar-refractivity contribution in [3.8, 4) is 5.75 Å². The van der Waals surface area contributed by atoms with E-state index in [1.54, 1.807) is 13.2 Å². The molecule has 0 saturated heterocycles. The minimum Gasteiger partial charge on any atom is -0.494 e. The van der Waals surface area contributed by atoms with Gasteiger partial charge in [0.15, 0.2) is 0 Å². The molecule has 0 unspecified atom stereocenters. The molecule has 3 nitrogen and oxygen atoms in total. The van der Waals surface area contributed by atoms with Gasteiger partial charge in [-0.2, -0.15) is 0 Å². The van der Waals surface area contributed by atoms with Gasteiger partial charge in [-0.05, 0) is 44.0 Å². The van der Waals surface area contributed by atoms with Crippen molar-refractivity contribution in [1.29, 1.82) is 0 Å². The summed E-state index contributed by atoms with van der Waals surface area (Å²) in [4.78, 5) is 12.0. The van der Waals surface area contributed by atoms with E-state index in [-0.39, 0.29) is 5.97 Å². The van der Waals surface area contributed by atoms with Crippen molar-refractivity contribution < 1.29 is 14.3 Å². The molecule has 17 heavy (non-hydrogen) atoms. The molecule has 90 valence electrons. The lowest BCUT2D eigenvalue weighted by Gasteiger charge is -2.06. The number of rotatable bonds is 2. The van der Waals surface area contributed by atoms with Crippen molar-refractivity contribution in [3.63, 3.8) is 0 Å². The maximum atomic E-state index is 11.5. The molecule has 0 fully saturated rings. The highest BCUT2D eigenvalue weighted by molar-refractivity contribution is 9.11. The van der Waals surface area contributed by atoms with E-state index in [1.165, 1.54) is 18.4 Å². The second kappa shape index (κ2) is 4.96. The van der Waals surface area contributed by atoms with Crippen molar-refractivity contribution >= 4 is 59.3 Å². The third-order valence-corrected chi connectivity index (χ3v) is 4.70. The summed E-state index contributed by atoms with van der Waals surface area (Å²) in [7, 11) is 2.97. The number of carbonyl (C=O) groups excluding carboxylic acids is 1. The van der Waals surface area contributed by atoms with Crippen LogP contribution in [0, 0.1) is 0 Å². The van der Waals surface area contributed by atoms with E-state index in [2.05, 4.69) is 31.9 Å². The van der Waals surface area contributed by atoms with Gasteiger partial charge in [-0.15, -0.1) is 11.3 Å². The Morgan fingerprint density at radius 2 is 2.00 bits per heavy atom. The van der Waals surface area contributed by atoms with E-state index in [9.17, 15) is 4.79 Å². The summed E-state index contributed by atoms with van der Waals surface area (Å²) in [6.45, 7) is 0. The van der Waals surface area contributed by atoms with Crippen LogP contribution in [0.2, 0.25) is 0 Å². The van der Waals surface area contributed by atoms with E-state index in [0.717, 1.165) is 19.0 Å². The first kappa shape index (κ1) is 12.9. The summed E-state index contributed by atoms with van der Waals surface area (Å²) in [6, 6.07) is 3.72. The van der Waals surface area contributed by atoms with Gasteiger partial charge in [0.2, 0.25) is 0 Å². The molecule has 1 heterocycles. The monoisotopic (exact) mass is 378 g/mol. The summed E-state index contributed by atoms with van der Waals surface area (Å²) in [5.74, 6) is 0.389. The van der Waals surface area contributed by atoms with Crippen LogP contribution in [0.5, 0.6) is 5.75 Å². The average Bonchev–Trinajstić information content (AvgIpc) is 2.72. The molecule has 0 aliphatic heterocycles. The number of thiophene rings is 1. The van der Waals surface area contributed by atoms with Gasteiger partial charge in [0.05, 0.1) is 23.2 Å². The minimum absolute atomic E-state index is 0.326. The van der Waals surface area contributed by atoms with Gasteiger partial charge in [0.25, 0.3) is 0 Å². The molecule has 0 radical (unpaired) electrons. The van der Waals surface area contributed by atoms with Crippen LogP contribution in [0.25, 0.3) is 10.1 Å². The topological polar surface area (TPSA) is 35.5 Å². The smallest absolute Gasteiger partial charge is 0.348 e. The first-order valence-electron chi connectivity index (χ1n) is 4.62. The number of methoxy groups -OCH3 is 2. The first-order valence-corrected chi connectivity index (χ1v) is 7.02. The van der Waals surface area contributed by atoms with E-state index < -0.39 is 0 Å². The van der Waals surface area contributed by atoms with Gasteiger partial charge in [0.1, 0.15) is 10.6 Å². The zero-order chi connectivity index (χ0) is 12.6. The van der Waals surface area contributed by atoms with Crippen LogP contribution in [0.3, 0.4) is 0 Å². The summed E-state index contributed by atoms with van der Waals surface area (Å²) in [5, 5.41) is 0.940. The molecule has 0 atom stereocenters. The van der Waals surface area contributed by atoms with Crippen LogP contribution in [0.15, 0.2) is 21.1 Å². The molecule has 2 aromatic rings. The highest BCUT2D eigenvalue weighted by Gasteiger charge is 2.16. The van der Waals surface area contributed by atoms with Crippen molar-refractivity contribution in [2.45, 2.75) is 0 Å². The molecule has 2 rings (SSSR count). The van der Waals surface area contributed by atoms with Gasteiger partial charge in [0, 0.05) is 10.1 Å². The Labute approximate surface area is 119 Å². The Hall–Kier alpha value is -0.590. The minimum atomic E-state index is -0.326. The summed E-state index contributed by atoms with van der Waals surface area (Å²) in [5.41, 5.74) is 0. The van der Waals surface area contributed by atoms with Gasteiger partial charge < -0.3 is 9.47 Å². The predicted molar refractivity (Wildman–Crippen MR) is 75.1 cm³/mol. The fourth-order valence-electron chi connectivity index (χ4n) is 1.48. The fourth-order valence-corrected chi connectivity index (χ4v) is 4.35. The van der Waals surface area contributed by atoms with Crippen LogP contribution in [-0.4, -0.2) is 20.2 Å². The number of benzene rings is 1. The van der Waals surface area contributed by atoms with Gasteiger partial charge in [-0.1, -0.05) is 0 Å². The molecule has 0 amide bonds. The molecule has 1 aromatic heterocycles. The molecule has 0 aliphatic rings. The lowest BCUT2D eigenvalue weighted by molar-refractivity contribution is 0.0606. The van der Waals surface area contributed by atoms with Gasteiger partial charge >= 0.3 is 5.97 Å². The largest absolute Gasteiger partial charge is 0.494 e. The number of hydrogen-bond acceptors (Lipinski definition) is 4. The molecule has 0 spiro atoms. The lowest BCUT2D eigenvalue weighted by atomic mass is 10.2. The zero-order valence-corrected chi connectivity index (χ0v) is 13.0. The van der Waals surface area contributed by atoms with Crippen LogP contribution in [-0.2, 0) is 4.74 Å². The maximum absolute atomic E-state index is 11.5. The summed E-state index contributed by atoms with van der Waals surface area (Å²) < 4.78 is 12.6. The number of ether oxygens (including phenoxy) is 2. The average molecular weight is 380 g/mol. The molecule has 1 aromatic carbocycles. The van der Waals surface area contributed by atoms with E-state index >= 15 is 0 Å². The van der Waals surface area contributed by atoms with Crippen molar-refractivity contribution in [1.82, 2.24) is 0 Å². The fraction of sp³-hybridized carbons (Fsp3) is 0.182. The second-order valence-corrected chi connectivity index (χ2v) is 5.95. The standard InChI is InChI=1S/C11H8Br2O3S/c1-15-10-6(12)4-7-5(9(10)13)3-8(17-7)11(14)16-2/h3-4H,1-2H3. The number of esters is 1. The normalized spacial score (nSPS) is 10.6. The van der Waals surface area contributed by atoms with Gasteiger partial charge in [-0.3, -0.25) is 0 Å². The Morgan fingerprint density at radius 3 is 2.59 bits per heavy atom. The molecule has 0 N–H and O–H groups in total. The zero-order valence-electron chi connectivity index (χ0n) is 9.04. The second-order valence-electron chi connectivity index (χ2n) is 3.22.